The fraction of sp³-hybridized carbons (Fsp3) is 0.556. The first-order chi connectivity index (χ1) is 11.2. The highest BCUT2D eigenvalue weighted by molar-refractivity contribution is 5.98. The highest BCUT2D eigenvalue weighted by Gasteiger charge is 2.14. The highest BCUT2D eigenvalue weighted by Crippen LogP contribution is 2.14. The minimum Gasteiger partial charge on any atom is -0.494 e. The Bertz CT molecular complexity index is 514. The fourth-order valence-electron chi connectivity index (χ4n) is 2.72. The fourth-order valence-corrected chi connectivity index (χ4v) is 2.72. The van der Waals surface area contributed by atoms with Gasteiger partial charge in [-0.25, -0.2) is 0 Å². The number of hydrogen-bond donors (Lipinski definition) is 2. The summed E-state index contributed by atoms with van der Waals surface area (Å²) < 4.78 is 5.35. The van der Waals surface area contributed by atoms with Gasteiger partial charge >= 0.3 is 0 Å². The zero-order chi connectivity index (χ0) is 16.5. The minimum absolute atomic E-state index is 0. The van der Waals surface area contributed by atoms with Crippen molar-refractivity contribution >= 4 is 24.1 Å². The van der Waals surface area contributed by atoms with Crippen LogP contribution in [0.2, 0.25) is 0 Å². The van der Waals surface area contributed by atoms with Gasteiger partial charge < -0.3 is 15.4 Å². The molecule has 1 aliphatic heterocycles. The van der Waals surface area contributed by atoms with Crippen LogP contribution in [0.15, 0.2) is 24.3 Å². The van der Waals surface area contributed by atoms with Crippen molar-refractivity contribution in [2.24, 2.45) is 5.92 Å². The van der Waals surface area contributed by atoms with Gasteiger partial charge in [-0.2, -0.15) is 0 Å². The van der Waals surface area contributed by atoms with Gasteiger partial charge in [0, 0.05) is 24.9 Å². The Hall–Kier alpha value is -1.59. The Morgan fingerprint density at radius 2 is 2.00 bits per heavy atom. The van der Waals surface area contributed by atoms with Gasteiger partial charge in [-0.3, -0.25) is 9.59 Å². The molecule has 1 amide bonds. The quantitative estimate of drug-likeness (QED) is 0.704. The van der Waals surface area contributed by atoms with Gasteiger partial charge in [0.25, 0.3) is 0 Å². The van der Waals surface area contributed by atoms with Crippen LogP contribution in [-0.4, -0.2) is 37.9 Å². The molecular formula is C18H27ClN2O3. The largest absolute Gasteiger partial charge is 0.494 e. The molecular weight excluding hydrogens is 328 g/mol. The van der Waals surface area contributed by atoms with Gasteiger partial charge in [-0.15, -0.1) is 12.4 Å². The molecule has 1 atom stereocenters. The third-order valence-corrected chi connectivity index (χ3v) is 4.05. The van der Waals surface area contributed by atoms with E-state index in [2.05, 4.69) is 10.6 Å². The Balaban J connectivity index is 0.00000288. The number of nitrogens with one attached hydrogen (secondary N) is 2. The molecule has 0 bridgehead atoms. The number of amides is 1. The van der Waals surface area contributed by atoms with E-state index >= 15 is 0 Å². The molecule has 1 heterocycles. The monoisotopic (exact) mass is 354 g/mol. The summed E-state index contributed by atoms with van der Waals surface area (Å²) in [6.07, 6.45) is 2.80. The Kier molecular flexibility index (Phi) is 9.42. The summed E-state index contributed by atoms with van der Waals surface area (Å²) in [6, 6.07) is 7.07. The van der Waals surface area contributed by atoms with Crippen molar-refractivity contribution in [3.63, 3.8) is 0 Å². The Morgan fingerprint density at radius 3 is 2.62 bits per heavy atom. The van der Waals surface area contributed by atoms with Crippen LogP contribution >= 0.6 is 12.4 Å². The summed E-state index contributed by atoms with van der Waals surface area (Å²) in [4.78, 5) is 24.0. The maximum absolute atomic E-state index is 12.1. The topological polar surface area (TPSA) is 67.4 Å². The van der Waals surface area contributed by atoms with Crippen LogP contribution in [0.5, 0.6) is 5.75 Å². The molecule has 134 valence electrons. The maximum atomic E-state index is 12.1. The van der Waals surface area contributed by atoms with Gasteiger partial charge in [0.05, 0.1) is 6.61 Å². The normalized spacial score (nSPS) is 16.8. The van der Waals surface area contributed by atoms with E-state index < -0.39 is 0 Å². The third kappa shape index (κ3) is 6.89. The summed E-state index contributed by atoms with van der Waals surface area (Å²) >= 11 is 0. The van der Waals surface area contributed by atoms with Crippen molar-refractivity contribution in [1.82, 2.24) is 10.6 Å². The Labute approximate surface area is 149 Å². The van der Waals surface area contributed by atoms with Crippen molar-refractivity contribution in [2.75, 3.05) is 26.2 Å². The maximum Gasteiger partial charge on any atom is 0.220 e. The van der Waals surface area contributed by atoms with Gasteiger partial charge in [0.2, 0.25) is 5.91 Å². The summed E-state index contributed by atoms with van der Waals surface area (Å²) in [5.74, 6) is 1.20. The number of piperidine rings is 1. The van der Waals surface area contributed by atoms with E-state index in [9.17, 15) is 9.59 Å². The molecule has 0 aromatic heterocycles. The van der Waals surface area contributed by atoms with Gasteiger partial charge in [-0.05, 0) is 63.0 Å². The molecule has 2 N–H and O–H groups in total. The lowest BCUT2D eigenvalue weighted by molar-refractivity contribution is -0.121. The Morgan fingerprint density at radius 1 is 1.25 bits per heavy atom. The van der Waals surface area contributed by atoms with Crippen LogP contribution in [0.25, 0.3) is 0 Å². The van der Waals surface area contributed by atoms with Crippen LogP contribution in [0.3, 0.4) is 0 Å². The van der Waals surface area contributed by atoms with E-state index in [1.807, 2.05) is 6.92 Å². The molecule has 6 heteroatoms. The van der Waals surface area contributed by atoms with E-state index in [0.29, 0.717) is 24.6 Å². The average molecular weight is 355 g/mol. The zero-order valence-corrected chi connectivity index (χ0v) is 15.0. The van der Waals surface area contributed by atoms with Crippen molar-refractivity contribution in [3.8, 4) is 5.75 Å². The number of rotatable bonds is 8. The molecule has 0 saturated carbocycles. The van der Waals surface area contributed by atoms with Crippen molar-refractivity contribution in [2.45, 2.75) is 32.6 Å². The number of ketones is 1. The number of carbonyl (C=O) groups excluding carboxylic acids is 2. The summed E-state index contributed by atoms with van der Waals surface area (Å²) in [7, 11) is 0. The number of halogens is 1. The van der Waals surface area contributed by atoms with E-state index in [-0.39, 0.29) is 36.9 Å². The molecule has 1 saturated heterocycles. The van der Waals surface area contributed by atoms with Crippen molar-refractivity contribution in [1.29, 1.82) is 0 Å². The molecule has 0 spiro atoms. The van der Waals surface area contributed by atoms with Crippen LogP contribution in [0, 0.1) is 5.92 Å². The molecule has 1 aromatic carbocycles. The first kappa shape index (κ1) is 20.5. The van der Waals surface area contributed by atoms with Crippen LogP contribution < -0.4 is 15.4 Å². The van der Waals surface area contributed by atoms with Crippen LogP contribution in [0.4, 0.5) is 0 Å². The first-order valence-electron chi connectivity index (χ1n) is 8.42. The van der Waals surface area contributed by atoms with Gasteiger partial charge in [0.15, 0.2) is 5.78 Å². The second kappa shape index (κ2) is 11.0. The molecule has 0 radical (unpaired) electrons. The summed E-state index contributed by atoms with van der Waals surface area (Å²) in [5, 5.41) is 6.26. The molecule has 1 fully saturated rings. The van der Waals surface area contributed by atoms with E-state index in [1.165, 1.54) is 0 Å². The van der Waals surface area contributed by atoms with Crippen molar-refractivity contribution in [3.05, 3.63) is 29.8 Å². The number of ether oxygens (including phenoxy) is 1. The number of Topliss-reactive ketones (excluding diaryl/α,β-unsaturated/α-hetero) is 1. The smallest absolute Gasteiger partial charge is 0.220 e. The molecule has 0 aliphatic carbocycles. The van der Waals surface area contributed by atoms with Crippen LogP contribution in [-0.2, 0) is 4.79 Å². The molecule has 1 aliphatic rings. The minimum atomic E-state index is -0.0464. The standard InChI is InChI=1S/C18H26N2O3.ClH/c1-2-23-16-7-5-15(6-8-16)17(21)9-10-18(22)20-13-14-4-3-11-19-12-14;/h5-8,14,19H,2-4,9-13H2,1H3,(H,20,22);1H. The lowest BCUT2D eigenvalue weighted by atomic mass is 9.99. The second-order valence-electron chi connectivity index (χ2n) is 5.90. The lowest BCUT2D eigenvalue weighted by Crippen LogP contribution is -2.38. The molecule has 1 aromatic rings. The zero-order valence-electron chi connectivity index (χ0n) is 14.2. The number of carbonyl (C=O) groups is 2. The molecule has 2 rings (SSSR count). The van der Waals surface area contributed by atoms with E-state index in [0.717, 1.165) is 31.7 Å². The van der Waals surface area contributed by atoms with E-state index in [4.69, 9.17) is 4.74 Å². The predicted octanol–water partition coefficient (Wildman–Crippen LogP) is 2.59. The van der Waals surface area contributed by atoms with Gasteiger partial charge in [0.1, 0.15) is 5.75 Å². The molecule has 24 heavy (non-hydrogen) atoms. The highest BCUT2D eigenvalue weighted by atomic mass is 35.5. The summed E-state index contributed by atoms with van der Waals surface area (Å²) in [6.45, 7) is 5.25. The number of hydrogen-bond acceptors (Lipinski definition) is 4. The third-order valence-electron chi connectivity index (χ3n) is 4.05. The first-order valence-corrected chi connectivity index (χ1v) is 8.42. The molecule has 5 nitrogen and oxygen atoms in total. The number of benzene rings is 1. The van der Waals surface area contributed by atoms with Crippen molar-refractivity contribution < 1.29 is 14.3 Å². The average Bonchev–Trinajstić information content (AvgIpc) is 2.59. The summed E-state index contributed by atoms with van der Waals surface area (Å²) in [5.41, 5.74) is 0.623. The predicted molar refractivity (Wildman–Crippen MR) is 97.0 cm³/mol. The molecule has 1 unspecified atom stereocenters. The van der Waals surface area contributed by atoms with Crippen LogP contribution in [0.1, 0.15) is 43.0 Å². The second-order valence-corrected chi connectivity index (χ2v) is 5.90. The van der Waals surface area contributed by atoms with Gasteiger partial charge in [-0.1, -0.05) is 0 Å². The lowest BCUT2D eigenvalue weighted by Gasteiger charge is -2.22. The van der Waals surface area contributed by atoms with E-state index in [1.54, 1.807) is 24.3 Å². The SMILES string of the molecule is CCOc1ccc(C(=O)CCC(=O)NCC2CCCNC2)cc1.Cl.